The second-order valence-corrected chi connectivity index (χ2v) is 9.78. The van der Waals surface area contributed by atoms with Crippen molar-refractivity contribution in [3.05, 3.63) is 41.8 Å². The monoisotopic (exact) mass is 396 g/mol. The number of nitrogens with zero attached hydrogens (tertiary/aromatic N) is 1. The molecule has 1 fully saturated rings. The van der Waals surface area contributed by atoms with Crippen molar-refractivity contribution in [1.29, 1.82) is 0 Å². The summed E-state index contributed by atoms with van der Waals surface area (Å²) in [6.07, 6.45) is 3.34. The van der Waals surface area contributed by atoms with Crippen LogP contribution in [-0.4, -0.2) is 38.0 Å². The van der Waals surface area contributed by atoms with Crippen LogP contribution >= 0.6 is 23.1 Å². The number of sulfonamides is 1. The average molecular weight is 397 g/mol. The van der Waals surface area contributed by atoms with Crippen LogP contribution in [-0.2, 0) is 14.8 Å². The number of para-hydroxylation sites is 1. The molecule has 0 bridgehead atoms. The Morgan fingerprint density at radius 1 is 1.28 bits per heavy atom. The minimum Gasteiger partial charge on any atom is -0.325 e. The Bertz CT molecular complexity index is 835. The molecule has 2 heterocycles. The van der Waals surface area contributed by atoms with E-state index in [1.165, 1.54) is 15.6 Å². The normalized spacial score (nSPS) is 18.8. The number of piperidine rings is 1. The quantitative estimate of drug-likeness (QED) is 0.786. The minimum atomic E-state index is -3.50. The summed E-state index contributed by atoms with van der Waals surface area (Å²) in [6.45, 7) is 0.693. The van der Waals surface area contributed by atoms with Crippen molar-refractivity contribution in [3.63, 3.8) is 0 Å². The molecule has 1 aromatic heterocycles. The Hall–Kier alpha value is -1.35. The topological polar surface area (TPSA) is 66.5 Å². The first-order valence-electron chi connectivity index (χ1n) is 8.00. The molecular weight excluding hydrogens is 376 g/mol. The van der Waals surface area contributed by atoms with Gasteiger partial charge in [-0.3, -0.25) is 4.79 Å². The van der Waals surface area contributed by atoms with E-state index in [0.717, 1.165) is 10.6 Å². The highest BCUT2D eigenvalue weighted by Crippen LogP contribution is 2.29. The lowest BCUT2D eigenvalue weighted by atomic mass is 9.99. The molecule has 5 nitrogen and oxygen atoms in total. The van der Waals surface area contributed by atoms with Gasteiger partial charge in [-0.15, -0.1) is 23.1 Å². The zero-order valence-electron chi connectivity index (χ0n) is 13.8. The Labute approximate surface area is 156 Å². The number of carbonyl (C=O) groups is 1. The van der Waals surface area contributed by atoms with Gasteiger partial charge in [0.2, 0.25) is 5.91 Å². The molecule has 8 heteroatoms. The van der Waals surface area contributed by atoms with E-state index < -0.39 is 10.0 Å². The Morgan fingerprint density at radius 3 is 2.80 bits per heavy atom. The maximum Gasteiger partial charge on any atom is 0.252 e. The number of nitrogens with one attached hydrogen (secondary N) is 1. The number of carbonyl (C=O) groups excluding carboxylic acids is 1. The third-order valence-electron chi connectivity index (χ3n) is 4.21. The van der Waals surface area contributed by atoms with E-state index in [0.29, 0.717) is 23.6 Å². The summed E-state index contributed by atoms with van der Waals surface area (Å²) >= 11 is 2.78. The van der Waals surface area contributed by atoms with Gasteiger partial charge in [-0.2, -0.15) is 4.31 Å². The molecule has 1 aliphatic heterocycles. The molecule has 25 heavy (non-hydrogen) atoms. The van der Waals surface area contributed by atoms with Gasteiger partial charge in [0.1, 0.15) is 4.21 Å². The predicted molar refractivity (Wildman–Crippen MR) is 103 cm³/mol. The second-order valence-electron chi connectivity index (χ2n) is 5.82. The van der Waals surface area contributed by atoms with Gasteiger partial charge in [0, 0.05) is 18.0 Å². The number of hydrogen-bond donors (Lipinski definition) is 1. The summed E-state index contributed by atoms with van der Waals surface area (Å²) in [5, 5.41) is 4.71. The number of rotatable bonds is 5. The van der Waals surface area contributed by atoms with Crippen molar-refractivity contribution in [2.45, 2.75) is 21.9 Å². The van der Waals surface area contributed by atoms with Gasteiger partial charge in [-0.25, -0.2) is 8.42 Å². The summed E-state index contributed by atoms with van der Waals surface area (Å²) in [7, 11) is -3.50. The molecular formula is C17H20N2O3S3. The van der Waals surface area contributed by atoms with Gasteiger partial charge in [0.15, 0.2) is 0 Å². The SMILES string of the molecule is CSc1ccccc1NC(=O)C1CCCN(S(=O)(=O)c2cccs2)C1. The number of amides is 1. The standard InChI is InChI=1S/C17H20N2O3S3/c1-23-15-8-3-2-7-14(15)18-17(20)13-6-4-10-19(12-13)25(21,22)16-9-5-11-24-16/h2-3,5,7-9,11,13H,4,6,10,12H2,1H3,(H,18,20). The van der Waals surface area contributed by atoms with Crippen molar-refractivity contribution in [3.8, 4) is 0 Å². The molecule has 1 saturated heterocycles. The maximum atomic E-state index is 12.7. The van der Waals surface area contributed by atoms with Gasteiger partial charge < -0.3 is 5.32 Å². The predicted octanol–water partition coefficient (Wildman–Crippen LogP) is 3.51. The molecule has 1 N–H and O–H groups in total. The number of thioether (sulfide) groups is 1. The Morgan fingerprint density at radius 2 is 2.08 bits per heavy atom. The van der Waals surface area contributed by atoms with Crippen LogP contribution in [0.15, 0.2) is 50.9 Å². The number of anilines is 1. The molecule has 0 spiro atoms. The van der Waals surface area contributed by atoms with E-state index >= 15 is 0 Å². The van der Waals surface area contributed by atoms with Crippen molar-refractivity contribution in [1.82, 2.24) is 4.31 Å². The molecule has 0 radical (unpaired) electrons. The van der Waals surface area contributed by atoms with Crippen LogP contribution in [0.4, 0.5) is 5.69 Å². The molecule has 0 aliphatic carbocycles. The fourth-order valence-corrected chi connectivity index (χ4v) is 6.12. The molecule has 0 saturated carbocycles. The highest BCUT2D eigenvalue weighted by molar-refractivity contribution is 7.98. The van der Waals surface area contributed by atoms with Crippen LogP contribution in [0.1, 0.15) is 12.8 Å². The maximum absolute atomic E-state index is 12.7. The van der Waals surface area contributed by atoms with Gasteiger partial charge >= 0.3 is 0 Å². The fourth-order valence-electron chi connectivity index (χ4n) is 2.89. The van der Waals surface area contributed by atoms with E-state index in [9.17, 15) is 13.2 Å². The van der Waals surface area contributed by atoms with Crippen LogP contribution < -0.4 is 5.32 Å². The zero-order chi connectivity index (χ0) is 17.9. The van der Waals surface area contributed by atoms with E-state index in [1.807, 2.05) is 30.5 Å². The van der Waals surface area contributed by atoms with Gasteiger partial charge in [-0.1, -0.05) is 18.2 Å². The minimum absolute atomic E-state index is 0.118. The molecule has 1 aromatic carbocycles. The van der Waals surface area contributed by atoms with E-state index in [1.54, 1.807) is 29.3 Å². The lowest BCUT2D eigenvalue weighted by Gasteiger charge is -2.30. The molecule has 3 rings (SSSR count). The molecule has 1 atom stereocenters. The smallest absolute Gasteiger partial charge is 0.252 e. The summed E-state index contributed by atoms with van der Waals surface area (Å²) in [6, 6.07) is 11.0. The van der Waals surface area contributed by atoms with E-state index in [2.05, 4.69) is 5.32 Å². The largest absolute Gasteiger partial charge is 0.325 e. The highest BCUT2D eigenvalue weighted by Gasteiger charge is 2.33. The zero-order valence-corrected chi connectivity index (χ0v) is 16.3. The third kappa shape index (κ3) is 4.08. The van der Waals surface area contributed by atoms with E-state index in [4.69, 9.17) is 0 Å². The molecule has 1 unspecified atom stereocenters. The number of hydrogen-bond acceptors (Lipinski definition) is 5. The van der Waals surface area contributed by atoms with Crippen molar-refractivity contribution < 1.29 is 13.2 Å². The van der Waals surface area contributed by atoms with Crippen molar-refractivity contribution in [2.24, 2.45) is 5.92 Å². The van der Waals surface area contributed by atoms with Crippen LogP contribution in [0.25, 0.3) is 0 Å². The first-order valence-corrected chi connectivity index (χ1v) is 11.5. The van der Waals surface area contributed by atoms with Crippen LogP contribution in [0.3, 0.4) is 0 Å². The summed E-state index contributed by atoms with van der Waals surface area (Å²) in [5.74, 6) is -0.453. The van der Waals surface area contributed by atoms with E-state index in [-0.39, 0.29) is 18.4 Å². The summed E-state index contributed by atoms with van der Waals surface area (Å²) in [5.41, 5.74) is 0.776. The summed E-state index contributed by atoms with van der Waals surface area (Å²) < 4.78 is 27.1. The van der Waals surface area contributed by atoms with Crippen LogP contribution in [0.2, 0.25) is 0 Å². The molecule has 1 amide bonds. The van der Waals surface area contributed by atoms with Gasteiger partial charge in [0.05, 0.1) is 11.6 Å². The first-order chi connectivity index (χ1) is 12.0. The molecule has 134 valence electrons. The number of benzene rings is 1. The Kier molecular flexibility index (Phi) is 5.83. The second kappa shape index (κ2) is 7.90. The van der Waals surface area contributed by atoms with Gasteiger partial charge in [-0.05, 0) is 42.7 Å². The Balaban J connectivity index is 1.72. The lowest BCUT2D eigenvalue weighted by Crippen LogP contribution is -2.43. The lowest BCUT2D eigenvalue weighted by molar-refractivity contribution is -0.120. The van der Waals surface area contributed by atoms with Crippen LogP contribution in [0, 0.1) is 5.92 Å². The molecule has 1 aliphatic rings. The van der Waals surface area contributed by atoms with Gasteiger partial charge in [0.25, 0.3) is 10.0 Å². The number of thiophene rings is 1. The van der Waals surface area contributed by atoms with Crippen LogP contribution in [0.5, 0.6) is 0 Å². The third-order valence-corrected chi connectivity index (χ3v) is 8.24. The fraction of sp³-hybridized carbons (Fsp3) is 0.353. The van der Waals surface area contributed by atoms with Crippen molar-refractivity contribution in [2.75, 3.05) is 24.7 Å². The average Bonchev–Trinajstić information content (AvgIpc) is 3.18. The molecule has 2 aromatic rings. The highest BCUT2D eigenvalue weighted by atomic mass is 32.2. The first kappa shape index (κ1) is 18.4. The summed E-state index contributed by atoms with van der Waals surface area (Å²) in [4.78, 5) is 13.7. The van der Waals surface area contributed by atoms with Crippen molar-refractivity contribution >= 4 is 44.7 Å².